The fourth-order valence-corrected chi connectivity index (χ4v) is 10.1. The van der Waals surface area contributed by atoms with Crippen molar-refractivity contribution < 1.29 is 18.6 Å². The molecule has 0 bridgehead atoms. The third-order valence-corrected chi connectivity index (χ3v) is 16.4. The molecule has 6 nitrogen and oxygen atoms in total. The minimum absolute atomic E-state index is 0.418. The molecule has 386 valence electrons. The van der Waals surface area contributed by atoms with E-state index in [0.717, 1.165) is 69.0 Å². The Labute approximate surface area is 454 Å². The summed E-state index contributed by atoms with van der Waals surface area (Å²) in [4.78, 5) is 4.64. The molecule has 0 aromatic heterocycles. The summed E-state index contributed by atoms with van der Waals surface area (Å²) in [5, 5.41) is 0. The first kappa shape index (κ1) is 52.8. The number of rotatable bonds is 17. The smallest absolute Gasteiger partial charge is 0.399 e. The van der Waals surface area contributed by atoms with Gasteiger partial charge in [0.1, 0.15) is 0 Å². The van der Waals surface area contributed by atoms with Crippen LogP contribution < -0.4 is 20.7 Å². The molecule has 2 aliphatic heterocycles. The van der Waals surface area contributed by atoms with Crippen molar-refractivity contribution >= 4 is 59.3 Å². The maximum absolute atomic E-state index is 6.44. The van der Waals surface area contributed by atoms with Crippen molar-refractivity contribution in [2.24, 2.45) is 0 Å². The lowest BCUT2D eigenvalue weighted by molar-refractivity contribution is 0.00578. The summed E-state index contributed by atoms with van der Waals surface area (Å²) in [5.74, 6) is 0. The van der Waals surface area contributed by atoms with E-state index in [1.807, 2.05) is 0 Å². The lowest BCUT2D eigenvalue weighted by Crippen LogP contribution is -2.41. The van der Waals surface area contributed by atoms with Crippen LogP contribution in [0.5, 0.6) is 0 Å². The second kappa shape index (κ2) is 21.8. The average Bonchev–Trinajstić information content (AvgIpc) is 3.80. The van der Waals surface area contributed by atoms with Crippen LogP contribution in [0.2, 0.25) is 0 Å². The number of nitrogens with zero attached hydrogens (tertiary/aromatic N) is 2. The normalized spacial score (nSPS) is 16.2. The summed E-state index contributed by atoms with van der Waals surface area (Å²) in [6.07, 6.45) is 7.05. The van der Waals surface area contributed by atoms with Gasteiger partial charge >= 0.3 is 14.2 Å². The average molecular weight is 1000 g/mol. The standard InChI is InChI=1S/C68H74B2N2O4/c1-11-13-15-49-17-21-51(22-18-49)53-25-37-59(38-26-53)71(63-45-33-57(34-46-63)69-73-65(3,4)66(5,6)74-69)61-41-29-55(30-42-61)56-31-43-62(44-32-56)72(64-47-35-58(36-48-64)70-75-67(7,8)68(9,10)76-70)60-39-27-54(28-40-60)52-23-19-50(20-24-52)16-14-12-2/h17-48H,11-16H2,1-10H3. The molecule has 0 spiro atoms. The molecule has 0 unspecified atom stereocenters. The molecule has 0 saturated carbocycles. The summed E-state index contributed by atoms with van der Waals surface area (Å²) < 4.78 is 25.8. The molecular weight excluding hydrogens is 930 g/mol. The summed E-state index contributed by atoms with van der Waals surface area (Å²) in [6, 6.07) is 71.0. The van der Waals surface area contributed by atoms with Crippen LogP contribution in [0.1, 0.15) is 106 Å². The van der Waals surface area contributed by atoms with Crippen molar-refractivity contribution in [1.29, 1.82) is 0 Å². The van der Waals surface area contributed by atoms with Gasteiger partial charge < -0.3 is 28.4 Å². The third-order valence-electron chi connectivity index (χ3n) is 16.4. The fourth-order valence-electron chi connectivity index (χ4n) is 10.1. The number of unbranched alkanes of at least 4 members (excludes halogenated alkanes) is 2. The Hall–Kier alpha value is -6.67. The Bertz CT molecular complexity index is 2940. The van der Waals surface area contributed by atoms with E-state index < -0.39 is 36.6 Å². The van der Waals surface area contributed by atoms with Gasteiger partial charge in [-0.05, 0) is 209 Å². The number of aryl methyl sites for hydroxylation is 2. The van der Waals surface area contributed by atoms with E-state index in [9.17, 15) is 0 Å². The summed E-state index contributed by atoms with van der Waals surface area (Å²) >= 11 is 0. The highest BCUT2D eigenvalue weighted by Crippen LogP contribution is 2.42. The van der Waals surface area contributed by atoms with Gasteiger partial charge in [-0.25, -0.2) is 0 Å². The van der Waals surface area contributed by atoms with Gasteiger partial charge in [-0.3, -0.25) is 0 Å². The number of hydrogen-bond acceptors (Lipinski definition) is 6. The van der Waals surface area contributed by atoms with Crippen LogP contribution in [0.15, 0.2) is 194 Å². The minimum Gasteiger partial charge on any atom is -0.399 e. The SMILES string of the molecule is CCCCc1ccc(-c2ccc(N(c3ccc(B4OC(C)(C)C(C)(C)O4)cc3)c3ccc(-c4ccc(N(c5ccc(B6OC(C)(C)C(C)(C)O6)cc5)c5ccc(-c6ccc(CCCC)cc6)cc5)cc4)cc3)cc2)cc1. The van der Waals surface area contributed by atoms with E-state index in [4.69, 9.17) is 18.6 Å². The summed E-state index contributed by atoms with van der Waals surface area (Å²) in [5.41, 5.74) is 16.5. The highest BCUT2D eigenvalue weighted by atomic mass is 16.7. The van der Waals surface area contributed by atoms with E-state index >= 15 is 0 Å². The summed E-state index contributed by atoms with van der Waals surface area (Å²) in [7, 11) is -0.871. The largest absolute Gasteiger partial charge is 0.494 e. The van der Waals surface area contributed by atoms with Crippen molar-refractivity contribution in [3.05, 3.63) is 205 Å². The van der Waals surface area contributed by atoms with Crippen molar-refractivity contribution in [3.8, 4) is 33.4 Å². The first-order valence-electron chi connectivity index (χ1n) is 27.6. The molecule has 0 N–H and O–H groups in total. The van der Waals surface area contributed by atoms with E-state index in [1.54, 1.807) is 0 Å². The lowest BCUT2D eigenvalue weighted by Gasteiger charge is -2.32. The Morgan fingerprint density at radius 2 is 0.487 bits per heavy atom. The summed E-state index contributed by atoms with van der Waals surface area (Å²) in [6.45, 7) is 21.3. The van der Waals surface area contributed by atoms with Gasteiger partial charge in [0, 0.05) is 34.1 Å². The van der Waals surface area contributed by atoms with E-state index in [0.29, 0.717) is 0 Å². The van der Waals surface area contributed by atoms with Gasteiger partial charge in [0.05, 0.1) is 22.4 Å². The molecule has 2 aliphatic rings. The van der Waals surface area contributed by atoms with Crippen LogP contribution >= 0.6 is 0 Å². The quantitative estimate of drug-likeness (QED) is 0.0847. The molecule has 8 heteroatoms. The predicted octanol–water partition coefficient (Wildman–Crippen LogP) is 16.9. The zero-order valence-corrected chi connectivity index (χ0v) is 46.4. The first-order valence-corrected chi connectivity index (χ1v) is 27.6. The Morgan fingerprint density at radius 3 is 0.697 bits per heavy atom. The van der Waals surface area contributed by atoms with Crippen LogP contribution in [0.3, 0.4) is 0 Å². The second-order valence-corrected chi connectivity index (χ2v) is 22.8. The molecule has 2 heterocycles. The minimum atomic E-state index is -0.435. The molecule has 0 aliphatic carbocycles. The third kappa shape index (κ3) is 11.1. The van der Waals surface area contributed by atoms with Crippen molar-refractivity contribution in [2.75, 3.05) is 9.80 Å². The lowest BCUT2D eigenvalue weighted by atomic mass is 9.79. The molecular formula is C68H74B2N2O4. The molecule has 2 saturated heterocycles. The van der Waals surface area contributed by atoms with E-state index in [2.05, 4.69) is 273 Å². The topological polar surface area (TPSA) is 43.4 Å². The molecule has 8 aromatic rings. The molecule has 0 amide bonds. The number of anilines is 6. The molecule has 2 fully saturated rings. The van der Waals surface area contributed by atoms with Crippen LogP contribution in [0.25, 0.3) is 33.4 Å². The number of hydrogen-bond donors (Lipinski definition) is 0. The zero-order chi connectivity index (χ0) is 53.2. The number of benzene rings is 8. The van der Waals surface area contributed by atoms with Crippen LogP contribution in [0, 0.1) is 0 Å². The second-order valence-electron chi connectivity index (χ2n) is 22.8. The maximum atomic E-state index is 6.44. The maximum Gasteiger partial charge on any atom is 0.494 e. The van der Waals surface area contributed by atoms with Gasteiger partial charge in [-0.1, -0.05) is 148 Å². The molecule has 0 atom stereocenters. The van der Waals surface area contributed by atoms with Crippen LogP contribution in [-0.2, 0) is 31.5 Å². The Balaban J connectivity index is 0.937. The van der Waals surface area contributed by atoms with Crippen molar-refractivity contribution in [3.63, 3.8) is 0 Å². The van der Waals surface area contributed by atoms with Crippen molar-refractivity contribution in [1.82, 2.24) is 0 Å². The predicted molar refractivity (Wildman–Crippen MR) is 321 cm³/mol. The zero-order valence-electron chi connectivity index (χ0n) is 46.4. The van der Waals surface area contributed by atoms with E-state index in [-0.39, 0.29) is 0 Å². The Kier molecular flexibility index (Phi) is 15.1. The highest BCUT2D eigenvalue weighted by molar-refractivity contribution is 6.62. The van der Waals surface area contributed by atoms with Gasteiger partial charge in [0.2, 0.25) is 0 Å². The molecule has 10 rings (SSSR count). The van der Waals surface area contributed by atoms with Crippen molar-refractivity contribution in [2.45, 2.75) is 130 Å². The molecule has 0 radical (unpaired) electrons. The molecule has 8 aromatic carbocycles. The van der Waals surface area contributed by atoms with Gasteiger partial charge in [-0.2, -0.15) is 0 Å². The fraction of sp³-hybridized carbons (Fsp3) is 0.294. The highest BCUT2D eigenvalue weighted by Gasteiger charge is 2.52. The molecule has 76 heavy (non-hydrogen) atoms. The Morgan fingerprint density at radius 1 is 0.289 bits per heavy atom. The van der Waals surface area contributed by atoms with Gasteiger partial charge in [0.15, 0.2) is 0 Å². The van der Waals surface area contributed by atoms with Gasteiger partial charge in [0.25, 0.3) is 0 Å². The first-order chi connectivity index (χ1) is 36.5. The monoisotopic (exact) mass is 1000 g/mol. The van der Waals surface area contributed by atoms with Crippen LogP contribution in [-0.4, -0.2) is 36.6 Å². The van der Waals surface area contributed by atoms with Gasteiger partial charge in [-0.15, -0.1) is 0 Å². The van der Waals surface area contributed by atoms with Crippen LogP contribution in [0.4, 0.5) is 34.1 Å². The van der Waals surface area contributed by atoms with E-state index in [1.165, 1.54) is 59.1 Å².